The first-order valence-corrected chi connectivity index (χ1v) is 7.13. The van der Waals surface area contributed by atoms with Gasteiger partial charge in [0.25, 0.3) is 5.91 Å². The lowest BCUT2D eigenvalue weighted by Gasteiger charge is -2.37. The highest BCUT2D eigenvalue weighted by molar-refractivity contribution is 6.02. The molecule has 0 radical (unpaired) electrons. The lowest BCUT2D eigenvalue weighted by Crippen LogP contribution is -2.58. The van der Waals surface area contributed by atoms with Crippen LogP contribution in [0.15, 0.2) is 24.3 Å². The van der Waals surface area contributed by atoms with Crippen LogP contribution in [0.2, 0.25) is 0 Å². The Kier molecular flexibility index (Phi) is 3.33. The third-order valence-corrected chi connectivity index (χ3v) is 4.18. The summed E-state index contributed by atoms with van der Waals surface area (Å²) in [6, 6.07) is 7.22. The number of primary amides is 1. The van der Waals surface area contributed by atoms with Gasteiger partial charge in [-0.25, -0.2) is 0 Å². The number of benzene rings is 1. The molecule has 21 heavy (non-hydrogen) atoms. The van der Waals surface area contributed by atoms with Crippen molar-refractivity contribution in [1.29, 1.82) is 0 Å². The molecule has 2 aliphatic heterocycles. The van der Waals surface area contributed by atoms with Gasteiger partial charge < -0.3 is 20.7 Å². The first kappa shape index (κ1) is 13.9. The molecule has 2 amide bonds. The van der Waals surface area contributed by atoms with Gasteiger partial charge in [-0.15, -0.1) is 0 Å². The van der Waals surface area contributed by atoms with E-state index in [0.29, 0.717) is 11.4 Å². The zero-order chi connectivity index (χ0) is 15.0. The molecule has 2 aliphatic rings. The van der Waals surface area contributed by atoms with E-state index in [1.165, 1.54) is 0 Å². The second-order valence-corrected chi connectivity index (χ2v) is 5.75. The van der Waals surface area contributed by atoms with Crippen molar-refractivity contribution in [2.24, 2.45) is 5.73 Å². The lowest BCUT2D eigenvalue weighted by molar-refractivity contribution is -0.127. The second kappa shape index (κ2) is 5.04. The number of fused-ring (bicyclic) bond motifs is 1. The van der Waals surface area contributed by atoms with Crippen LogP contribution in [0.4, 0.5) is 5.69 Å². The van der Waals surface area contributed by atoms with E-state index in [1.54, 1.807) is 17.0 Å². The molecule has 0 spiro atoms. The average Bonchev–Trinajstić information content (AvgIpc) is 2.93. The van der Waals surface area contributed by atoms with E-state index in [0.717, 1.165) is 19.4 Å². The molecule has 3 N–H and O–H groups in total. The fraction of sp³-hybridized carbons (Fsp3) is 0.467. The first-order valence-electron chi connectivity index (χ1n) is 7.13. The molecule has 6 heteroatoms. The van der Waals surface area contributed by atoms with Gasteiger partial charge >= 0.3 is 0 Å². The summed E-state index contributed by atoms with van der Waals surface area (Å²) < 4.78 is 5.58. The molecule has 1 fully saturated rings. The molecule has 3 rings (SSSR count). The van der Waals surface area contributed by atoms with E-state index in [-0.39, 0.29) is 12.5 Å². The lowest BCUT2D eigenvalue weighted by atomic mass is 9.97. The third-order valence-electron chi connectivity index (χ3n) is 4.18. The van der Waals surface area contributed by atoms with Crippen molar-refractivity contribution >= 4 is 17.5 Å². The van der Waals surface area contributed by atoms with E-state index in [1.807, 2.05) is 19.1 Å². The molecule has 0 aromatic heterocycles. The summed E-state index contributed by atoms with van der Waals surface area (Å²) in [5.41, 5.74) is 5.45. The van der Waals surface area contributed by atoms with Crippen LogP contribution in [-0.4, -0.2) is 36.5 Å². The molecule has 1 aromatic carbocycles. The predicted molar refractivity (Wildman–Crippen MR) is 78.0 cm³/mol. The summed E-state index contributed by atoms with van der Waals surface area (Å²) in [4.78, 5) is 26.0. The Balaban J connectivity index is 1.96. The van der Waals surface area contributed by atoms with Crippen LogP contribution in [0.1, 0.15) is 19.8 Å². The second-order valence-electron chi connectivity index (χ2n) is 5.75. The summed E-state index contributed by atoms with van der Waals surface area (Å²) in [5.74, 6) is -0.0867. The largest absolute Gasteiger partial charge is 0.477 e. The van der Waals surface area contributed by atoms with Crippen molar-refractivity contribution in [3.63, 3.8) is 0 Å². The minimum atomic E-state index is -0.811. The van der Waals surface area contributed by atoms with E-state index in [4.69, 9.17) is 10.5 Å². The van der Waals surface area contributed by atoms with E-state index in [2.05, 4.69) is 5.32 Å². The highest BCUT2D eigenvalue weighted by Gasteiger charge is 2.43. The van der Waals surface area contributed by atoms with Crippen LogP contribution < -0.4 is 20.7 Å². The number of amides is 2. The summed E-state index contributed by atoms with van der Waals surface area (Å²) in [7, 11) is 0. The quantitative estimate of drug-likeness (QED) is 0.826. The highest BCUT2D eigenvalue weighted by Crippen LogP contribution is 2.35. The van der Waals surface area contributed by atoms with Crippen LogP contribution in [0.3, 0.4) is 0 Å². The van der Waals surface area contributed by atoms with Crippen molar-refractivity contribution in [3.05, 3.63) is 24.3 Å². The van der Waals surface area contributed by atoms with E-state index >= 15 is 0 Å². The molecule has 112 valence electrons. The van der Waals surface area contributed by atoms with Crippen LogP contribution in [0.5, 0.6) is 5.75 Å². The number of nitrogens with one attached hydrogen (secondary N) is 1. The summed E-state index contributed by atoms with van der Waals surface area (Å²) in [6.45, 7) is 2.88. The monoisotopic (exact) mass is 289 g/mol. The highest BCUT2D eigenvalue weighted by atomic mass is 16.5. The SMILES string of the molecule is CC1(C(=O)N2CC(C(N)=O)Oc3ccccc32)CCCN1. The van der Waals surface area contributed by atoms with Gasteiger partial charge in [-0.2, -0.15) is 0 Å². The molecule has 0 saturated carbocycles. The molecule has 0 aliphatic carbocycles. The molecular weight excluding hydrogens is 270 g/mol. The van der Waals surface area contributed by atoms with Crippen LogP contribution >= 0.6 is 0 Å². The van der Waals surface area contributed by atoms with Crippen molar-refractivity contribution in [2.75, 3.05) is 18.0 Å². The molecule has 1 aromatic rings. The van der Waals surface area contributed by atoms with Gasteiger partial charge in [-0.3, -0.25) is 9.59 Å². The first-order chi connectivity index (χ1) is 10.0. The smallest absolute Gasteiger partial charge is 0.260 e. The zero-order valence-corrected chi connectivity index (χ0v) is 12.0. The predicted octanol–water partition coefficient (Wildman–Crippen LogP) is 0.408. The van der Waals surface area contributed by atoms with Gasteiger partial charge in [0.1, 0.15) is 5.75 Å². The number of rotatable bonds is 2. The van der Waals surface area contributed by atoms with Crippen molar-refractivity contribution in [2.45, 2.75) is 31.4 Å². The van der Waals surface area contributed by atoms with Gasteiger partial charge in [0.2, 0.25) is 5.91 Å². The number of nitrogens with zero attached hydrogens (tertiary/aromatic N) is 1. The number of para-hydroxylation sites is 2. The minimum absolute atomic E-state index is 0.0398. The Morgan fingerprint density at radius 1 is 1.43 bits per heavy atom. The van der Waals surface area contributed by atoms with Crippen molar-refractivity contribution in [3.8, 4) is 5.75 Å². The number of carbonyl (C=O) groups excluding carboxylic acids is 2. The third kappa shape index (κ3) is 2.35. The van der Waals surface area contributed by atoms with Crippen molar-refractivity contribution < 1.29 is 14.3 Å². The molecule has 2 unspecified atom stereocenters. The number of hydrogen-bond donors (Lipinski definition) is 2. The van der Waals surface area contributed by atoms with Gasteiger partial charge in [0.05, 0.1) is 17.8 Å². The fourth-order valence-electron chi connectivity index (χ4n) is 2.95. The number of ether oxygens (including phenoxy) is 1. The van der Waals surface area contributed by atoms with E-state index < -0.39 is 17.6 Å². The summed E-state index contributed by atoms with van der Waals surface area (Å²) in [6.07, 6.45) is 0.939. The Bertz CT molecular complexity index is 581. The van der Waals surface area contributed by atoms with Gasteiger partial charge in [0, 0.05) is 0 Å². The van der Waals surface area contributed by atoms with Crippen LogP contribution in [0.25, 0.3) is 0 Å². The molecule has 2 heterocycles. The fourth-order valence-corrected chi connectivity index (χ4v) is 2.95. The topological polar surface area (TPSA) is 84.7 Å². The number of anilines is 1. The maximum Gasteiger partial charge on any atom is 0.260 e. The normalized spacial score (nSPS) is 27.9. The molecule has 2 atom stereocenters. The zero-order valence-electron chi connectivity index (χ0n) is 12.0. The molecule has 0 bridgehead atoms. The van der Waals surface area contributed by atoms with Gasteiger partial charge in [-0.1, -0.05) is 12.1 Å². The Morgan fingerprint density at radius 2 is 2.19 bits per heavy atom. The number of carbonyl (C=O) groups is 2. The van der Waals surface area contributed by atoms with Gasteiger partial charge in [0.15, 0.2) is 6.10 Å². The molecular formula is C15H19N3O3. The van der Waals surface area contributed by atoms with Crippen LogP contribution in [0, 0.1) is 0 Å². The van der Waals surface area contributed by atoms with Gasteiger partial charge in [-0.05, 0) is 38.4 Å². The molecule has 1 saturated heterocycles. The molecule has 6 nitrogen and oxygen atoms in total. The standard InChI is InChI=1S/C15H19N3O3/c1-15(7-4-8-17-15)14(20)18-9-12(13(16)19)21-11-6-3-2-5-10(11)18/h2-3,5-6,12,17H,4,7-9H2,1H3,(H2,16,19). The maximum absolute atomic E-state index is 12.9. The summed E-state index contributed by atoms with van der Waals surface area (Å²) >= 11 is 0. The van der Waals surface area contributed by atoms with Crippen LogP contribution in [-0.2, 0) is 9.59 Å². The maximum atomic E-state index is 12.9. The summed E-state index contributed by atoms with van der Waals surface area (Å²) in [5, 5.41) is 3.26. The average molecular weight is 289 g/mol. The Labute approximate surface area is 123 Å². The minimum Gasteiger partial charge on any atom is -0.477 e. The van der Waals surface area contributed by atoms with E-state index in [9.17, 15) is 9.59 Å². The Hall–Kier alpha value is -2.08. The number of nitrogens with two attached hydrogens (primary N) is 1. The number of hydrogen-bond acceptors (Lipinski definition) is 4. The van der Waals surface area contributed by atoms with Crippen molar-refractivity contribution in [1.82, 2.24) is 5.32 Å². The Morgan fingerprint density at radius 3 is 2.86 bits per heavy atom.